The summed E-state index contributed by atoms with van der Waals surface area (Å²) >= 11 is 0. The molecule has 1 saturated carbocycles. The fraction of sp³-hybridized carbons (Fsp3) is 0.625. The summed E-state index contributed by atoms with van der Waals surface area (Å²) in [4.78, 5) is 42.1. The lowest BCUT2D eigenvalue weighted by atomic mass is 9.95. The first-order chi connectivity index (χ1) is 14.6. The molecule has 1 unspecified atom stereocenters. The summed E-state index contributed by atoms with van der Waals surface area (Å²) in [6.45, 7) is 3.52. The average molecular weight is 414 g/mol. The molecule has 2 aliphatic rings. The first kappa shape index (κ1) is 22.3. The monoisotopic (exact) mass is 413 g/mol. The van der Waals surface area contributed by atoms with Crippen molar-refractivity contribution in [2.45, 2.75) is 76.8 Å². The highest BCUT2D eigenvalue weighted by molar-refractivity contribution is 6.35. The van der Waals surface area contributed by atoms with Gasteiger partial charge in [0.15, 0.2) is 0 Å². The number of rotatable bonds is 7. The second-order valence-electron chi connectivity index (χ2n) is 8.51. The SMILES string of the molecule is CCCCN1CCN(C(C(=O)NC2CCCCCCC2)c2ccccc2)C(=O)C1=O. The van der Waals surface area contributed by atoms with Crippen LogP contribution in [0.5, 0.6) is 0 Å². The van der Waals surface area contributed by atoms with Crippen molar-refractivity contribution in [2.75, 3.05) is 19.6 Å². The lowest BCUT2D eigenvalue weighted by Crippen LogP contribution is -2.58. The minimum absolute atomic E-state index is 0.139. The third-order valence-corrected chi connectivity index (χ3v) is 6.25. The van der Waals surface area contributed by atoms with Gasteiger partial charge in [-0.1, -0.05) is 75.8 Å². The highest BCUT2D eigenvalue weighted by Crippen LogP contribution is 2.25. The Morgan fingerprint density at radius 2 is 1.67 bits per heavy atom. The average Bonchev–Trinajstić information content (AvgIpc) is 2.73. The van der Waals surface area contributed by atoms with Gasteiger partial charge in [-0.05, 0) is 24.8 Å². The van der Waals surface area contributed by atoms with E-state index < -0.39 is 17.9 Å². The van der Waals surface area contributed by atoms with Crippen LogP contribution < -0.4 is 5.32 Å². The zero-order chi connectivity index (χ0) is 21.3. The molecule has 6 heteroatoms. The lowest BCUT2D eigenvalue weighted by Gasteiger charge is -2.38. The molecule has 30 heavy (non-hydrogen) atoms. The third kappa shape index (κ3) is 5.61. The second kappa shape index (κ2) is 11.1. The van der Waals surface area contributed by atoms with Crippen LogP contribution in [0.2, 0.25) is 0 Å². The van der Waals surface area contributed by atoms with Crippen molar-refractivity contribution in [3.8, 4) is 0 Å². The summed E-state index contributed by atoms with van der Waals surface area (Å²) in [5.41, 5.74) is 0.754. The Balaban J connectivity index is 1.77. The van der Waals surface area contributed by atoms with Crippen LogP contribution in [-0.2, 0) is 14.4 Å². The normalized spacial score (nSPS) is 19.9. The molecule has 1 aromatic rings. The maximum absolute atomic E-state index is 13.4. The summed E-state index contributed by atoms with van der Waals surface area (Å²) in [5.74, 6) is -1.23. The van der Waals surface area contributed by atoms with Crippen molar-refractivity contribution in [1.29, 1.82) is 0 Å². The van der Waals surface area contributed by atoms with E-state index in [0.717, 1.165) is 44.1 Å². The first-order valence-electron chi connectivity index (χ1n) is 11.6. The number of nitrogens with zero attached hydrogens (tertiary/aromatic N) is 2. The van der Waals surface area contributed by atoms with E-state index in [-0.39, 0.29) is 11.9 Å². The molecule has 1 aromatic carbocycles. The largest absolute Gasteiger partial charge is 0.351 e. The van der Waals surface area contributed by atoms with E-state index >= 15 is 0 Å². The standard InChI is InChI=1S/C24H35N3O3/c1-2-3-16-26-17-18-27(24(30)23(26)29)21(19-12-8-7-9-13-19)22(28)25-20-14-10-5-4-6-11-15-20/h7-9,12-13,20-21H,2-6,10-11,14-18H2,1H3,(H,25,28). The highest BCUT2D eigenvalue weighted by atomic mass is 16.2. The highest BCUT2D eigenvalue weighted by Gasteiger charge is 2.40. The van der Waals surface area contributed by atoms with Crippen molar-refractivity contribution >= 4 is 17.7 Å². The summed E-state index contributed by atoms with van der Waals surface area (Å²) in [6.07, 6.45) is 9.73. The number of unbranched alkanes of at least 4 members (excludes halogenated alkanes) is 1. The van der Waals surface area contributed by atoms with E-state index in [2.05, 4.69) is 12.2 Å². The quantitative estimate of drug-likeness (QED) is 0.696. The van der Waals surface area contributed by atoms with Crippen molar-refractivity contribution < 1.29 is 14.4 Å². The number of piperazine rings is 1. The molecule has 1 aliphatic carbocycles. The number of amides is 3. The van der Waals surface area contributed by atoms with Gasteiger partial charge in [0.05, 0.1) is 0 Å². The van der Waals surface area contributed by atoms with Crippen LogP contribution in [0.15, 0.2) is 30.3 Å². The van der Waals surface area contributed by atoms with E-state index in [0.29, 0.717) is 19.6 Å². The molecule has 1 saturated heterocycles. The van der Waals surface area contributed by atoms with Crippen LogP contribution in [0.4, 0.5) is 0 Å². The zero-order valence-electron chi connectivity index (χ0n) is 18.1. The van der Waals surface area contributed by atoms with Crippen molar-refractivity contribution in [1.82, 2.24) is 15.1 Å². The number of carbonyl (C=O) groups excluding carboxylic acids is 3. The second-order valence-corrected chi connectivity index (χ2v) is 8.51. The predicted octanol–water partition coefficient (Wildman–Crippen LogP) is 3.43. The van der Waals surface area contributed by atoms with Gasteiger partial charge in [0, 0.05) is 25.7 Å². The Hall–Kier alpha value is -2.37. The van der Waals surface area contributed by atoms with Crippen LogP contribution in [-0.4, -0.2) is 53.2 Å². The van der Waals surface area contributed by atoms with Crippen molar-refractivity contribution in [3.63, 3.8) is 0 Å². The molecule has 0 bridgehead atoms. The van der Waals surface area contributed by atoms with Gasteiger partial charge in [0.25, 0.3) is 0 Å². The van der Waals surface area contributed by atoms with Gasteiger partial charge in [-0.15, -0.1) is 0 Å². The van der Waals surface area contributed by atoms with Crippen LogP contribution in [0.3, 0.4) is 0 Å². The van der Waals surface area contributed by atoms with Gasteiger partial charge < -0.3 is 15.1 Å². The minimum atomic E-state index is -0.763. The Labute approximate surface area is 180 Å². The third-order valence-electron chi connectivity index (χ3n) is 6.25. The maximum atomic E-state index is 13.4. The van der Waals surface area contributed by atoms with Crippen molar-refractivity contribution in [2.24, 2.45) is 0 Å². The maximum Gasteiger partial charge on any atom is 0.313 e. The molecule has 6 nitrogen and oxygen atoms in total. The molecule has 1 atom stereocenters. The molecule has 3 amide bonds. The van der Waals surface area contributed by atoms with Gasteiger partial charge in [-0.2, -0.15) is 0 Å². The molecule has 1 N–H and O–H groups in total. The van der Waals surface area contributed by atoms with E-state index in [1.54, 1.807) is 4.90 Å². The number of carbonyl (C=O) groups is 3. The van der Waals surface area contributed by atoms with Crippen molar-refractivity contribution in [3.05, 3.63) is 35.9 Å². The van der Waals surface area contributed by atoms with E-state index in [9.17, 15) is 14.4 Å². The molecule has 0 aromatic heterocycles. The molecule has 0 radical (unpaired) electrons. The van der Waals surface area contributed by atoms with Crippen LogP contribution >= 0.6 is 0 Å². The van der Waals surface area contributed by atoms with E-state index in [1.165, 1.54) is 24.2 Å². The molecule has 1 heterocycles. The van der Waals surface area contributed by atoms with Crippen LogP contribution in [0.1, 0.15) is 76.3 Å². The first-order valence-corrected chi connectivity index (χ1v) is 11.6. The molecule has 3 rings (SSSR count). The minimum Gasteiger partial charge on any atom is -0.351 e. The van der Waals surface area contributed by atoms with Gasteiger partial charge in [0.1, 0.15) is 6.04 Å². The molecule has 0 spiro atoms. The Bertz CT molecular complexity index is 714. The topological polar surface area (TPSA) is 69.7 Å². The molecule has 1 aliphatic heterocycles. The smallest absolute Gasteiger partial charge is 0.313 e. The Kier molecular flexibility index (Phi) is 8.29. The predicted molar refractivity (Wildman–Crippen MR) is 117 cm³/mol. The lowest BCUT2D eigenvalue weighted by molar-refractivity contribution is -0.159. The number of hydrogen-bond donors (Lipinski definition) is 1. The van der Waals surface area contributed by atoms with Crippen LogP contribution in [0.25, 0.3) is 0 Å². The summed E-state index contributed by atoms with van der Waals surface area (Å²) in [6, 6.07) is 8.74. The molecule has 164 valence electrons. The van der Waals surface area contributed by atoms with E-state index in [4.69, 9.17) is 0 Å². The Morgan fingerprint density at radius 1 is 1.00 bits per heavy atom. The van der Waals surface area contributed by atoms with E-state index in [1.807, 2.05) is 30.3 Å². The van der Waals surface area contributed by atoms with Gasteiger partial charge in [-0.3, -0.25) is 14.4 Å². The van der Waals surface area contributed by atoms with Gasteiger partial charge in [-0.25, -0.2) is 0 Å². The fourth-order valence-electron chi connectivity index (χ4n) is 4.49. The summed E-state index contributed by atoms with van der Waals surface area (Å²) in [5, 5.41) is 3.21. The van der Waals surface area contributed by atoms with Crippen LogP contribution in [0, 0.1) is 0 Å². The fourth-order valence-corrected chi connectivity index (χ4v) is 4.49. The molecular formula is C24H35N3O3. The zero-order valence-corrected chi connectivity index (χ0v) is 18.1. The number of nitrogens with one attached hydrogen (secondary N) is 1. The van der Waals surface area contributed by atoms with Gasteiger partial charge in [0.2, 0.25) is 5.91 Å². The number of benzene rings is 1. The Morgan fingerprint density at radius 3 is 2.33 bits per heavy atom. The molecule has 2 fully saturated rings. The summed E-state index contributed by atoms with van der Waals surface area (Å²) < 4.78 is 0. The summed E-state index contributed by atoms with van der Waals surface area (Å²) in [7, 11) is 0. The van der Waals surface area contributed by atoms with Gasteiger partial charge >= 0.3 is 11.8 Å². The molecular weight excluding hydrogens is 378 g/mol. The number of hydrogen-bond acceptors (Lipinski definition) is 3.